The minimum atomic E-state index is -0.788. The number of carbonyl (C=O) groups excluding carboxylic acids is 1. The molecule has 1 aliphatic rings. The molecule has 9 nitrogen and oxygen atoms in total. The summed E-state index contributed by atoms with van der Waals surface area (Å²) >= 11 is 0. The molecule has 210 valence electrons. The third kappa shape index (κ3) is 5.68. The molecule has 0 aliphatic heterocycles. The maximum absolute atomic E-state index is 13.2. The van der Waals surface area contributed by atoms with E-state index in [0.29, 0.717) is 28.6 Å². The van der Waals surface area contributed by atoms with E-state index >= 15 is 0 Å². The van der Waals surface area contributed by atoms with Crippen LogP contribution in [0.5, 0.6) is 5.88 Å². The molecular weight excluding hydrogens is 494 g/mol. The molecule has 2 heterocycles. The summed E-state index contributed by atoms with van der Waals surface area (Å²) in [4.78, 5) is 28.4. The fraction of sp³-hybridized carbons (Fsp3) is 0.567. The van der Waals surface area contributed by atoms with Crippen LogP contribution in [0.3, 0.4) is 0 Å². The number of hydrogen-bond acceptors (Lipinski definition) is 5. The molecule has 39 heavy (non-hydrogen) atoms. The molecule has 1 aromatic carbocycles. The van der Waals surface area contributed by atoms with Crippen molar-refractivity contribution in [3.8, 4) is 5.88 Å². The molecule has 2 aromatic heterocycles. The molecule has 1 amide bonds. The Morgan fingerprint density at radius 2 is 1.92 bits per heavy atom. The Kier molecular flexibility index (Phi) is 8.98. The Morgan fingerprint density at radius 1 is 1.26 bits per heavy atom. The van der Waals surface area contributed by atoms with E-state index in [2.05, 4.69) is 30.7 Å². The summed E-state index contributed by atoms with van der Waals surface area (Å²) in [5, 5.41) is 13.5. The average molecular weight is 536 g/mol. The zero-order chi connectivity index (χ0) is 28.3. The van der Waals surface area contributed by atoms with E-state index in [1.54, 1.807) is 23.7 Å². The summed E-state index contributed by atoms with van der Waals surface area (Å²) < 4.78 is 7.41. The van der Waals surface area contributed by atoms with Crippen molar-refractivity contribution in [1.29, 1.82) is 0 Å². The minimum Gasteiger partial charge on any atom is -0.401 e. The van der Waals surface area contributed by atoms with Crippen LogP contribution >= 0.6 is 0 Å². The molecule has 4 rings (SSSR count). The van der Waals surface area contributed by atoms with Gasteiger partial charge in [-0.3, -0.25) is 15.3 Å². The van der Waals surface area contributed by atoms with Gasteiger partial charge in [0, 0.05) is 24.2 Å². The van der Waals surface area contributed by atoms with Crippen LogP contribution in [-0.4, -0.2) is 33.0 Å². The predicted molar refractivity (Wildman–Crippen MR) is 151 cm³/mol. The lowest BCUT2D eigenvalue weighted by Crippen LogP contribution is -2.35. The van der Waals surface area contributed by atoms with Crippen molar-refractivity contribution in [2.24, 2.45) is 23.7 Å². The summed E-state index contributed by atoms with van der Waals surface area (Å²) in [5.41, 5.74) is 1.66. The highest BCUT2D eigenvalue weighted by molar-refractivity contribution is 5.90. The Morgan fingerprint density at radius 3 is 2.49 bits per heavy atom. The van der Waals surface area contributed by atoms with E-state index in [-0.39, 0.29) is 35.2 Å². The summed E-state index contributed by atoms with van der Waals surface area (Å²) in [7, 11) is 1.62. The highest BCUT2D eigenvalue weighted by Gasteiger charge is 2.43. The van der Waals surface area contributed by atoms with Gasteiger partial charge in [-0.1, -0.05) is 72.1 Å². The zero-order valence-electron chi connectivity index (χ0n) is 23.8. The first-order chi connectivity index (χ1) is 18.7. The largest absolute Gasteiger partial charge is 0.419 e. The van der Waals surface area contributed by atoms with Gasteiger partial charge in [-0.25, -0.2) is 24.0 Å². The number of amides is 1. The molecule has 1 saturated carbocycles. The van der Waals surface area contributed by atoms with Gasteiger partial charge in [0.05, 0.1) is 6.57 Å². The Labute approximate surface area is 230 Å². The minimum absolute atomic E-state index is 0.0330. The van der Waals surface area contributed by atoms with Gasteiger partial charge in [0.25, 0.3) is 5.69 Å². The van der Waals surface area contributed by atoms with Crippen LogP contribution in [0.1, 0.15) is 90.1 Å². The second kappa shape index (κ2) is 12.2. The number of nitrogens with zero attached hydrogens (tertiary/aromatic N) is 4. The van der Waals surface area contributed by atoms with Crippen LogP contribution in [0.25, 0.3) is 10.5 Å². The summed E-state index contributed by atoms with van der Waals surface area (Å²) in [6.07, 6.45) is 4.26. The number of aromatic amines is 1. The van der Waals surface area contributed by atoms with Gasteiger partial charge in [0.1, 0.15) is 11.9 Å². The number of unbranched alkanes of at least 4 members (excludes halogenated alkanes) is 1. The second-order valence-electron chi connectivity index (χ2n) is 11.4. The monoisotopic (exact) mass is 535 g/mol. The van der Waals surface area contributed by atoms with E-state index < -0.39 is 12.2 Å². The third-order valence-electron chi connectivity index (χ3n) is 8.26. The number of aromatic nitrogens is 3. The average Bonchev–Trinajstić information content (AvgIpc) is 3.47. The van der Waals surface area contributed by atoms with Crippen molar-refractivity contribution in [2.75, 3.05) is 11.9 Å². The van der Waals surface area contributed by atoms with Gasteiger partial charge in [-0.2, -0.15) is 0 Å². The van der Waals surface area contributed by atoms with Crippen molar-refractivity contribution in [2.45, 2.75) is 78.7 Å². The van der Waals surface area contributed by atoms with Crippen LogP contribution in [-0.2, 0) is 4.89 Å². The Balaban J connectivity index is 1.76. The van der Waals surface area contributed by atoms with Crippen molar-refractivity contribution >= 4 is 23.1 Å². The van der Waals surface area contributed by atoms with Gasteiger partial charge in [-0.05, 0) is 48.6 Å². The Hall–Kier alpha value is -3.35. The topological polar surface area (TPSA) is 96.5 Å². The number of para-hydroxylation sites is 1. The Bertz CT molecular complexity index is 1300. The number of hydrogen-bond donors (Lipinski definition) is 2. The number of benzene rings is 1. The molecule has 0 bridgehead atoms. The van der Waals surface area contributed by atoms with Gasteiger partial charge in [-0.15, -0.1) is 0 Å². The lowest BCUT2D eigenvalue weighted by molar-refractivity contribution is -0.303. The first-order valence-corrected chi connectivity index (χ1v) is 14.0. The lowest BCUT2D eigenvalue weighted by atomic mass is 9.65. The molecule has 2 N–H and O–H groups in total. The maximum Gasteiger partial charge on any atom is 0.419 e. The molecule has 0 saturated heterocycles. The first kappa shape index (κ1) is 28.7. The normalized spacial score (nSPS) is 22.1. The molecule has 3 aromatic rings. The SMILES string of the molecule is [C-]#[N+]c1c(C(OO)C2C(C)CC(CCCC)CC2C)c2nc(C(C)C)[nH]n2c1OC(=O)N(C)c1ccccc1. The van der Waals surface area contributed by atoms with E-state index in [9.17, 15) is 10.1 Å². The van der Waals surface area contributed by atoms with E-state index in [1.807, 2.05) is 32.0 Å². The molecule has 3 atom stereocenters. The summed E-state index contributed by atoms with van der Waals surface area (Å²) in [5.74, 6) is 1.92. The smallest absolute Gasteiger partial charge is 0.401 e. The van der Waals surface area contributed by atoms with Gasteiger partial charge in [0.15, 0.2) is 5.65 Å². The molecule has 1 fully saturated rings. The van der Waals surface area contributed by atoms with Crippen LogP contribution < -0.4 is 9.64 Å². The number of anilines is 1. The van der Waals surface area contributed by atoms with Crippen LogP contribution in [0.15, 0.2) is 30.3 Å². The van der Waals surface area contributed by atoms with E-state index in [4.69, 9.17) is 21.2 Å². The van der Waals surface area contributed by atoms with Crippen LogP contribution in [0.2, 0.25) is 0 Å². The van der Waals surface area contributed by atoms with Gasteiger partial charge < -0.3 is 4.74 Å². The maximum atomic E-state index is 13.2. The number of H-pyrrole nitrogens is 1. The van der Waals surface area contributed by atoms with Gasteiger partial charge in [0.2, 0.25) is 5.88 Å². The van der Waals surface area contributed by atoms with E-state index in [1.165, 1.54) is 24.2 Å². The zero-order valence-corrected chi connectivity index (χ0v) is 23.8. The first-order valence-electron chi connectivity index (χ1n) is 14.0. The quantitative estimate of drug-likeness (QED) is 0.164. The number of nitrogens with one attached hydrogen (secondary N) is 1. The highest BCUT2D eigenvalue weighted by Crippen LogP contribution is 2.51. The fourth-order valence-electron chi connectivity index (χ4n) is 6.31. The fourth-order valence-corrected chi connectivity index (χ4v) is 6.31. The number of ether oxygens (including phenoxy) is 1. The van der Waals surface area contributed by atoms with Crippen molar-refractivity contribution < 1.29 is 19.7 Å². The van der Waals surface area contributed by atoms with Crippen molar-refractivity contribution in [3.63, 3.8) is 0 Å². The van der Waals surface area contributed by atoms with Crippen LogP contribution in [0, 0.1) is 30.2 Å². The molecule has 3 unspecified atom stereocenters. The van der Waals surface area contributed by atoms with Crippen LogP contribution in [0.4, 0.5) is 16.2 Å². The summed E-state index contributed by atoms with van der Waals surface area (Å²) in [6, 6.07) is 9.15. The highest BCUT2D eigenvalue weighted by atomic mass is 17.1. The van der Waals surface area contributed by atoms with Crippen molar-refractivity contribution in [1.82, 2.24) is 14.6 Å². The number of fused-ring (bicyclic) bond motifs is 1. The molecule has 9 heteroatoms. The summed E-state index contributed by atoms with van der Waals surface area (Å²) in [6.45, 7) is 18.7. The van der Waals surface area contributed by atoms with E-state index in [0.717, 1.165) is 12.8 Å². The molecule has 1 aliphatic carbocycles. The van der Waals surface area contributed by atoms with Gasteiger partial charge >= 0.3 is 6.09 Å². The molecular formula is C30H41N5O4. The number of rotatable bonds is 9. The second-order valence-corrected chi connectivity index (χ2v) is 11.4. The number of carbonyl (C=O) groups is 1. The molecule has 0 radical (unpaired) electrons. The third-order valence-corrected chi connectivity index (χ3v) is 8.26. The lowest BCUT2D eigenvalue weighted by Gasteiger charge is -2.42. The predicted octanol–water partition coefficient (Wildman–Crippen LogP) is 7.99. The van der Waals surface area contributed by atoms with Crippen molar-refractivity contribution in [3.05, 3.63) is 53.1 Å². The molecule has 0 spiro atoms. The standard InChI is InChI=1S/C30H41N5O4/c1-8-9-13-21-16-19(4)23(20(5)17-21)26(39-37)24-25(31-6)29(35-28(24)32-27(33-35)18(2)3)38-30(36)34(7)22-14-11-10-12-15-22/h10-12,14-15,18-21,23,26,37H,8-9,13,16-17H2,1-5,7H3,(H,32,33).